The van der Waals surface area contributed by atoms with Gasteiger partial charge >= 0.3 is 12.0 Å². The highest BCUT2D eigenvalue weighted by molar-refractivity contribution is 5.93. The Balaban J connectivity index is 2.99. The van der Waals surface area contributed by atoms with E-state index in [1.54, 1.807) is 13.8 Å². The smallest absolute Gasteiger partial charge is 0.326 e. The molecule has 0 saturated carbocycles. The minimum atomic E-state index is -1.36. The third kappa shape index (κ3) is 14.7. The first-order valence-corrected chi connectivity index (χ1v) is 14.0. The van der Waals surface area contributed by atoms with Crippen molar-refractivity contribution in [2.45, 2.75) is 70.1 Å². The Morgan fingerprint density at radius 3 is 1.86 bits per heavy atom. The summed E-state index contributed by atoms with van der Waals surface area (Å²) in [5.74, 6) is -3.32. The number of carboxylic acids is 1. The molecular weight excluding hydrogens is 576 g/mol. The molecule has 0 aliphatic rings. The molecule has 0 fully saturated rings. The van der Waals surface area contributed by atoms with E-state index in [1.807, 2.05) is 0 Å². The highest BCUT2D eigenvalue weighted by Crippen LogP contribution is 2.12. The highest BCUT2D eigenvalue weighted by Gasteiger charge is 2.30. The molecular formula is C27H44N10O7. The van der Waals surface area contributed by atoms with Crippen LogP contribution in [-0.2, 0) is 25.6 Å². The Bertz CT molecular complexity index is 1170. The van der Waals surface area contributed by atoms with Gasteiger partial charge in [-0.25, -0.2) is 9.59 Å². The third-order valence-electron chi connectivity index (χ3n) is 6.25. The van der Waals surface area contributed by atoms with Crippen LogP contribution >= 0.6 is 0 Å². The molecule has 1 unspecified atom stereocenters. The number of nitrogens with zero attached hydrogens (tertiary/aromatic N) is 2. The molecule has 0 saturated heterocycles. The number of hydrogen-bond acceptors (Lipinski definition) is 8. The summed E-state index contributed by atoms with van der Waals surface area (Å²) in [7, 11) is 0. The molecule has 44 heavy (non-hydrogen) atoms. The molecule has 0 aliphatic heterocycles. The predicted octanol–water partition coefficient (Wildman–Crippen LogP) is -2.01. The van der Waals surface area contributed by atoms with E-state index in [0.29, 0.717) is 18.3 Å². The number of phenols is 1. The number of aliphatic imine (C=N–C) groups is 2. The molecule has 0 aliphatic carbocycles. The van der Waals surface area contributed by atoms with Crippen LogP contribution in [0.4, 0.5) is 4.79 Å². The van der Waals surface area contributed by atoms with Crippen molar-refractivity contribution in [3.05, 3.63) is 29.8 Å². The summed E-state index contributed by atoms with van der Waals surface area (Å²) in [6.07, 6.45) is 1.45. The number of nitrogens with two attached hydrogens (primary N) is 4. The van der Waals surface area contributed by atoms with Gasteiger partial charge in [0.25, 0.3) is 0 Å². The van der Waals surface area contributed by atoms with E-state index in [-0.39, 0.29) is 56.4 Å². The molecule has 14 N–H and O–H groups in total. The summed E-state index contributed by atoms with van der Waals surface area (Å²) >= 11 is 0. The van der Waals surface area contributed by atoms with Crippen LogP contribution in [0.1, 0.15) is 45.1 Å². The lowest BCUT2D eigenvalue weighted by molar-refractivity contribution is -0.139. The number of carboxylic acid groups (broad SMARTS) is 1. The number of aliphatic carboxylic acids is 1. The molecule has 0 radical (unpaired) electrons. The van der Waals surface area contributed by atoms with Crippen molar-refractivity contribution in [1.82, 2.24) is 21.3 Å². The van der Waals surface area contributed by atoms with Gasteiger partial charge in [-0.15, -0.1) is 0 Å². The Morgan fingerprint density at radius 1 is 0.818 bits per heavy atom. The number of amides is 4. The van der Waals surface area contributed by atoms with Gasteiger partial charge in [0.1, 0.15) is 30.2 Å². The van der Waals surface area contributed by atoms with E-state index < -0.39 is 53.9 Å². The molecule has 1 aromatic carbocycles. The number of hydrogen-bond donors (Lipinski definition) is 10. The number of nitrogens with one attached hydrogen (secondary N) is 4. The zero-order valence-electron chi connectivity index (χ0n) is 24.9. The predicted molar refractivity (Wildman–Crippen MR) is 163 cm³/mol. The average Bonchev–Trinajstić information content (AvgIpc) is 2.94. The summed E-state index contributed by atoms with van der Waals surface area (Å²) in [5, 5.41) is 29.1. The fourth-order valence-corrected chi connectivity index (χ4v) is 3.95. The average molecular weight is 621 g/mol. The van der Waals surface area contributed by atoms with Gasteiger partial charge in [0.15, 0.2) is 11.9 Å². The number of benzene rings is 1. The van der Waals surface area contributed by atoms with Crippen LogP contribution < -0.4 is 44.2 Å². The lowest BCUT2D eigenvalue weighted by Gasteiger charge is -2.27. The van der Waals surface area contributed by atoms with Crippen LogP contribution in [0.2, 0.25) is 0 Å². The van der Waals surface area contributed by atoms with Gasteiger partial charge in [-0.3, -0.25) is 19.6 Å². The fraction of sp³-hybridized carbons (Fsp3) is 0.519. The van der Waals surface area contributed by atoms with Crippen molar-refractivity contribution in [2.24, 2.45) is 38.8 Å². The molecule has 17 heteroatoms. The van der Waals surface area contributed by atoms with Crippen molar-refractivity contribution in [1.29, 1.82) is 0 Å². The van der Waals surface area contributed by atoms with Gasteiger partial charge in [0, 0.05) is 19.5 Å². The molecule has 0 spiro atoms. The van der Waals surface area contributed by atoms with Gasteiger partial charge < -0.3 is 59.2 Å². The number of carbonyl (C=O) groups is 5. The maximum absolute atomic E-state index is 13.3. The van der Waals surface area contributed by atoms with Crippen molar-refractivity contribution >= 4 is 42.0 Å². The molecule has 4 amide bonds. The quantitative estimate of drug-likeness (QED) is 0.0348. The molecule has 0 heterocycles. The van der Waals surface area contributed by atoms with Gasteiger partial charge in [-0.05, 0) is 49.3 Å². The first kappa shape index (κ1) is 36.9. The summed E-state index contributed by atoms with van der Waals surface area (Å²) in [6, 6.07) is 0.374. The Morgan fingerprint density at radius 2 is 1.36 bits per heavy atom. The Labute approximate surface area is 255 Å². The van der Waals surface area contributed by atoms with E-state index >= 15 is 0 Å². The molecule has 0 aromatic heterocycles. The normalized spacial score (nSPS) is 13.3. The van der Waals surface area contributed by atoms with Gasteiger partial charge in [-0.1, -0.05) is 26.0 Å². The molecule has 1 aromatic rings. The largest absolute Gasteiger partial charge is 0.508 e. The second-order valence-corrected chi connectivity index (χ2v) is 10.3. The van der Waals surface area contributed by atoms with Crippen molar-refractivity contribution < 1.29 is 34.2 Å². The summed E-state index contributed by atoms with van der Waals surface area (Å²) in [6.45, 7) is 3.78. The van der Waals surface area contributed by atoms with Crippen molar-refractivity contribution in [3.63, 3.8) is 0 Å². The number of phenolic OH excluding ortho intramolecular Hbond substituents is 1. The number of carbonyl (C=O) groups excluding carboxylic acids is 4. The van der Waals surface area contributed by atoms with Crippen molar-refractivity contribution in [3.8, 4) is 5.75 Å². The van der Waals surface area contributed by atoms with E-state index in [0.717, 1.165) is 0 Å². The van der Waals surface area contributed by atoms with Crippen molar-refractivity contribution in [2.75, 3.05) is 13.1 Å². The standard InChI is InChI=1S/C27H44N10O7/c1-15(2)21(23(41)34-17(14-38)5-3-11-32-25(28)29)37-22(40)19(6-4-12-33-26(30)31)35-27(44)36-20(24(42)43)13-16-7-9-18(39)10-8-16/h7-10,14-15,17,19-21,39H,3-6,11-13H2,1-2H3,(H,34,41)(H,37,40)(H,42,43)(H4,28,29,32)(H4,30,31,33)(H2,35,36,44)/t17?,19-,20-,21-/m0/s1. The van der Waals surface area contributed by atoms with Gasteiger partial charge in [0.05, 0.1) is 6.04 Å². The van der Waals surface area contributed by atoms with E-state index in [9.17, 15) is 34.2 Å². The van der Waals surface area contributed by atoms with E-state index in [2.05, 4.69) is 31.3 Å². The van der Waals surface area contributed by atoms with E-state index in [1.165, 1.54) is 24.3 Å². The zero-order valence-corrected chi connectivity index (χ0v) is 24.9. The fourth-order valence-electron chi connectivity index (χ4n) is 3.95. The second kappa shape index (κ2) is 19.2. The maximum atomic E-state index is 13.3. The number of aromatic hydroxyl groups is 1. The topological polar surface area (TPSA) is 303 Å². The summed E-state index contributed by atoms with van der Waals surface area (Å²) in [5.41, 5.74) is 21.8. The van der Waals surface area contributed by atoms with Crippen LogP contribution in [0, 0.1) is 5.92 Å². The third-order valence-corrected chi connectivity index (χ3v) is 6.25. The molecule has 0 bridgehead atoms. The van der Waals surface area contributed by atoms with Crippen LogP contribution in [0.25, 0.3) is 0 Å². The molecule has 17 nitrogen and oxygen atoms in total. The number of guanidine groups is 2. The Kier molecular flexibility index (Phi) is 16.1. The van der Waals surface area contributed by atoms with Gasteiger partial charge in [-0.2, -0.15) is 0 Å². The second-order valence-electron chi connectivity index (χ2n) is 10.3. The Hall–Kier alpha value is -5.09. The maximum Gasteiger partial charge on any atom is 0.326 e. The van der Waals surface area contributed by atoms with E-state index in [4.69, 9.17) is 22.9 Å². The molecule has 4 atom stereocenters. The van der Waals surface area contributed by atoms with Crippen LogP contribution in [0.15, 0.2) is 34.3 Å². The number of rotatable bonds is 19. The number of aldehydes is 1. The first-order chi connectivity index (χ1) is 20.7. The lowest BCUT2D eigenvalue weighted by Crippen LogP contribution is -2.58. The minimum absolute atomic E-state index is 0.00110. The highest BCUT2D eigenvalue weighted by atomic mass is 16.4. The molecule has 1 rings (SSSR count). The minimum Gasteiger partial charge on any atom is -0.508 e. The van der Waals surface area contributed by atoms with Crippen LogP contribution in [-0.4, -0.2) is 89.5 Å². The lowest BCUT2D eigenvalue weighted by atomic mass is 10.0. The molecule has 244 valence electrons. The SMILES string of the molecule is CC(C)[C@H](NC(=O)[C@H](CCCN=C(N)N)NC(=O)N[C@@H](Cc1ccc(O)cc1)C(=O)O)C(=O)NC(C=O)CCCN=C(N)N. The summed E-state index contributed by atoms with van der Waals surface area (Å²) < 4.78 is 0. The first-order valence-electron chi connectivity index (χ1n) is 14.0. The zero-order chi connectivity index (χ0) is 33.2. The monoisotopic (exact) mass is 620 g/mol. The van der Waals surface area contributed by atoms with Crippen LogP contribution in [0.3, 0.4) is 0 Å². The number of urea groups is 1. The summed E-state index contributed by atoms with van der Waals surface area (Å²) in [4.78, 5) is 70.3. The van der Waals surface area contributed by atoms with Crippen LogP contribution in [0.5, 0.6) is 5.75 Å². The van der Waals surface area contributed by atoms with Gasteiger partial charge in [0.2, 0.25) is 11.8 Å².